The van der Waals surface area contributed by atoms with Crippen molar-refractivity contribution in [3.63, 3.8) is 0 Å². The summed E-state index contributed by atoms with van der Waals surface area (Å²) in [7, 11) is 3.24. The van der Waals surface area contributed by atoms with E-state index in [1.54, 1.807) is 18.8 Å². The van der Waals surface area contributed by atoms with E-state index in [1.807, 2.05) is 24.3 Å². The highest BCUT2D eigenvalue weighted by atomic mass is 16.5. The van der Waals surface area contributed by atoms with Gasteiger partial charge in [0.15, 0.2) is 5.82 Å². The van der Waals surface area contributed by atoms with Crippen LogP contribution in [0.3, 0.4) is 0 Å². The number of amides is 1. The molecule has 1 aromatic carbocycles. The number of benzene rings is 1. The Bertz CT molecular complexity index is 730. The largest absolute Gasteiger partial charge is 0.494 e. The van der Waals surface area contributed by atoms with E-state index in [2.05, 4.69) is 35.3 Å². The van der Waals surface area contributed by atoms with Crippen LogP contribution in [-0.2, 0) is 17.6 Å². The van der Waals surface area contributed by atoms with Crippen LogP contribution in [0.2, 0.25) is 0 Å². The van der Waals surface area contributed by atoms with Crippen molar-refractivity contribution >= 4 is 5.91 Å². The fraction of sp³-hybridized carbons (Fsp3) is 0.389. The number of hydrogen-bond acceptors (Lipinski definition) is 4. The van der Waals surface area contributed by atoms with Crippen molar-refractivity contribution in [3.05, 3.63) is 47.6 Å². The number of ether oxygens (including phenoxy) is 1. The summed E-state index contributed by atoms with van der Waals surface area (Å²) >= 11 is 0. The van der Waals surface area contributed by atoms with Gasteiger partial charge in [-0.05, 0) is 32.4 Å². The number of methoxy groups -OCH3 is 1. The molecule has 1 aromatic heterocycles. The number of carbonyl (C=O) groups excluding carboxylic acids is 1. The van der Waals surface area contributed by atoms with Crippen LogP contribution in [0, 0.1) is 0 Å². The Morgan fingerprint density at radius 1 is 1.33 bits per heavy atom. The zero-order chi connectivity index (χ0) is 17.5. The van der Waals surface area contributed by atoms with Gasteiger partial charge in [-0.1, -0.05) is 23.8 Å². The SMILES string of the molecule is CNC(=O)Cc1nc(CCC=C(C)C)n(-c2ccccc2OC)n1. The van der Waals surface area contributed by atoms with Crippen LogP contribution in [0.5, 0.6) is 5.75 Å². The zero-order valence-electron chi connectivity index (χ0n) is 14.7. The molecule has 0 saturated carbocycles. The molecule has 0 aliphatic rings. The first-order chi connectivity index (χ1) is 11.5. The van der Waals surface area contributed by atoms with E-state index in [0.717, 1.165) is 30.1 Å². The molecule has 0 unspecified atom stereocenters. The van der Waals surface area contributed by atoms with Crippen molar-refractivity contribution in [2.75, 3.05) is 14.2 Å². The second-order valence-corrected chi connectivity index (χ2v) is 5.70. The minimum atomic E-state index is -0.108. The molecule has 6 nitrogen and oxygen atoms in total. The van der Waals surface area contributed by atoms with Crippen molar-refractivity contribution in [1.82, 2.24) is 20.1 Å². The number of aryl methyl sites for hydroxylation is 1. The third-order valence-electron chi connectivity index (χ3n) is 3.55. The summed E-state index contributed by atoms with van der Waals surface area (Å²) in [5, 5.41) is 7.12. The Labute approximate surface area is 142 Å². The highest BCUT2D eigenvalue weighted by Gasteiger charge is 2.16. The molecule has 2 aromatic rings. The molecule has 0 atom stereocenters. The van der Waals surface area contributed by atoms with Gasteiger partial charge in [0.1, 0.15) is 17.3 Å². The van der Waals surface area contributed by atoms with Crippen molar-refractivity contribution < 1.29 is 9.53 Å². The lowest BCUT2D eigenvalue weighted by Gasteiger charge is -2.09. The van der Waals surface area contributed by atoms with Crippen LogP contribution in [0.4, 0.5) is 0 Å². The molecule has 6 heteroatoms. The maximum atomic E-state index is 11.6. The average molecular weight is 328 g/mol. The van der Waals surface area contributed by atoms with Gasteiger partial charge in [-0.2, -0.15) is 5.10 Å². The van der Waals surface area contributed by atoms with Gasteiger partial charge >= 0.3 is 0 Å². The number of aromatic nitrogens is 3. The Hall–Kier alpha value is -2.63. The molecule has 0 fully saturated rings. The van der Waals surface area contributed by atoms with Crippen molar-refractivity contribution in [2.45, 2.75) is 33.1 Å². The minimum absolute atomic E-state index is 0.108. The highest BCUT2D eigenvalue weighted by molar-refractivity contribution is 5.77. The Balaban J connectivity index is 2.39. The molecular formula is C18H24N4O2. The molecule has 1 amide bonds. The first kappa shape index (κ1) is 17.7. The van der Waals surface area contributed by atoms with E-state index in [9.17, 15) is 4.79 Å². The number of nitrogens with one attached hydrogen (secondary N) is 1. The van der Waals surface area contributed by atoms with Gasteiger partial charge < -0.3 is 10.1 Å². The van der Waals surface area contributed by atoms with E-state index in [4.69, 9.17) is 4.74 Å². The molecule has 0 spiro atoms. The molecule has 1 heterocycles. The minimum Gasteiger partial charge on any atom is -0.494 e. The zero-order valence-corrected chi connectivity index (χ0v) is 14.7. The smallest absolute Gasteiger partial charge is 0.227 e. The molecule has 0 aliphatic heterocycles. The average Bonchev–Trinajstić information content (AvgIpc) is 2.96. The van der Waals surface area contributed by atoms with Crippen LogP contribution < -0.4 is 10.1 Å². The predicted octanol–water partition coefficient (Wildman–Crippen LogP) is 2.46. The molecule has 24 heavy (non-hydrogen) atoms. The molecular weight excluding hydrogens is 304 g/mol. The first-order valence-electron chi connectivity index (χ1n) is 7.97. The van der Waals surface area contributed by atoms with Crippen LogP contribution in [0.1, 0.15) is 31.9 Å². The Morgan fingerprint density at radius 2 is 2.08 bits per heavy atom. The van der Waals surface area contributed by atoms with Crippen LogP contribution in [-0.4, -0.2) is 34.8 Å². The van der Waals surface area contributed by atoms with E-state index < -0.39 is 0 Å². The third kappa shape index (κ3) is 4.44. The van der Waals surface area contributed by atoms with E-state index in [1.165, 1.54) is 5.57 Å². The maximum absolute atomic E-state index is 11.6. The van der Waals surface area contributed by atoms with Gasteiger partial charge in [-0.3, -0.25) is 4.79 Å². The quantitative estimate of drug-likeness (QED) is 0.793. The lowest BCUT2D eigenvalue weighted by molar-refractivity contribution is -0.120. The number of nitrogens with zero attached hydrogens (tertiary/aromatic N) is 3. The summed E-state index contributed by atoms with van der Waals surface area (Å²) in [5.74, 6) is 1.93. The Morgan fingerprint density at radius 3 is 2.75 bits per heavy atom. The first-order valence-corrected chi connectivity index (χ1v) is 7.97. The number of hydrogen-bond donors (Lipinski definition) is 1. The monoisotopic (exact) mass is 328 g/mol. The van der Waals surface area contributed by atoms with Crippen LogP contribution >= 0.6 is 0 Å². The van der Waals surface area contributed by atoms with Crippen molar-refractivity contribution in [3.8, 4) is 11.4 Å². The normalized spacial score (nSPS) is 10.3. The van der Waals surface area contributed by atoms with Crippen molar-refractivity contribution in [2.24, 2.45) is 0 Å². The number of likely N-dealkylation sites (N-methyl/N-ethyl adjacent to an activating group) is 1. The fourth-order valence-electron chi connectivity index (χ4n) is 2.35. The summed E-state index contributed by atoms with van der Waals surface area (Å²) < 4.78 is 7.20. The van der Waals surface area contributed by atoms with Gasteiger partial charge in [0.2, 0.25) is 5.91 Å². The summed E-state index contributed by atoms with van der Waals surface area (Å²) in [6.07, 6.45) is 3.94. The number of rotatable bonds is 7. The second-order valence-electron chi connectivity index (χ2n) is 5.70. The van der Waals surface area contributed by atoms with E-state index in [-0.39, 0.29) is 12.3 Å². The van der Waals surface area contributed by atoms with E-state index >= 15 is 0 Å². The molecule has 2 rings (SSSR count). The number of para-hydroxylation sites is 2. The summed E-state index contributed by atoms with van der Waals surface area (Å²) in [4.78, 5) is 16.2. The summed E-state index contributed by atoms with van der Waals surface area (Å²) in [5.41, 5.74) is 2.09. The summed E-state index contributed by atoms with van der Waals surface area (Å²) in [6, 6.07) is 7.66. The molecule has 1 N–H and O–H groups in total. The van der Waals surface area contributed by atoms with Crippen LogP contribution in [0.25, 0.3) is 5.69 Å². The summed E-state index contributed by atoms with van der Waals surface area (Å²) in [6.45, 7) is 4.14. The Kier molecular flexibility index (Phi) is 6.12. The predicted molar refractivity (Wildman–Crippen MR) is 93.4 cm³/mol. The number of carbonyl (C=O) groups is 1. The molecule has 0 radical (unpaired) electrons. The standard InChI is InChI=1S/C18H24N4O2/c1-13(2)8-7-11-17-20-16(12-18(23)19-3)21-22(17)14-9-5-6-10-15(14)24-4/h5-6,8-10H,7,11-12H2,1-4H3,(H,19,23). The van der Waals surface area contributed by atoms with Gasteiger partial charge in [0.25, 0.3) is 0 Å². The third-order valence-corrected chi connectivity index (χ3v) is 3.55. The molecule has 0 saturated heterocycles. The molecule has 128 valence electrons. The molecule has 0 bridgehead atoms. The topological polar surface area (TPSA) is 69.0 Å². The van der Waals surface area contributed by atoms with E-state index in [0.29, 0.717) is 5.82 Å². The van der Waals surface area contributed by atoms with Crippen LogP contribution in [0.15, 0.2) is 35.9 Å². The maximum Gasteiger partial charge on any atom is 0.227 e. The highest BCUT2D eigenvalue weighted by Crippen LogP contribution is 2.23. The van der Waals surface area contributed by atoms with Gasteiger partial charge in [-0.25, -0.2) is 9.67 Å². The lowest BCUT2D eigenvalue weighted by Crippen LogP contribution is -2.20. The van der Waals surface area contributed by atoms with Crippen molar-refractivity contribution in [1.29, 1.82) is 0 Å². The lowest BCUT2D eigenvalue weighted by atomic mass is 10.2. The second kappa shape index (κ2) is 8.29. The molecule has 0 aliphatic carbocycles. The number of allylic oxidation sites excluding steroid dienone is 2. The van der Waals surface area contributed by atoms with Gasteiger partial charge in [0.05, 0.1) is 13.5 Å². The van der Waals surface area contributed by atoms with Gasteiger partial charge in [-0.15, -0.1) is 0 Å². The van der Waals surface area contributed by atoms with Gasteiger partial charge in [0, 0.05) is 13.5 Å². The fourth-order valence-corrected chi connectivity index (χ4v) is 2.35.